The third-order valence-electron chi connectivity index (χ3n) is 8.09. The van der Waals surface area contributed by atoms with Crippen molar-refractivity contribution in [3.05, 3.63) is 103 Å². The van der Waals surface area contributed by atoms with E-state index in [2.05, 4.69) is 115 Å². The van der Waals surface area contributed by atoms with E-state index in [1.165, 1.54) is 64.9 Å². The van der Waals surface area contributed by atoms with E-state index in [1.807, 2.05) is 0 Å². The monoisotopic (exact) mass is 474 g/mol. The Bertz CT molecular complexity index is 2080. The topological polar surface area (TPSA) is 17.8 Å². The van der Waals surface area contributed by atoms with Crippen LogP contribution in [-0.2, 0) is 6.54 Å². The minimum Gasteiger partial charge on any atom is -0.323 e. The standard InChI is InChI=1S/C35H26N2/c1-2-3-20-37-34-29-17-9-13-23-19-18-22-12-8-16-28(30(22)31(23)29)33(34)36-35(37)32-26-14-6-4-10-24(26)21-25-11-5-7-15-27(25)32/h4-19,21H,2-3,20H2,1H3. The van der Waals surface area contributed by atoms with Gasteiger partial charge in [-0.05, 0) is 55.6 Å². The smallest absolute Gasteiger partial charge is 0.142 e. The molecule has 176 valence electrons. The van der Waals surface area contributed by atoms with Crippen molar-refractivity contribution in [2.75, 3.05) is 0 Å². The fourth-order valence-electron chi connectivity index (χ4n) is 6.44. The number of aromatic nitrogens is 2. The molecule has 2 heteroatoms. The molecule has 0 N–H and O–H groups in total. The molecule has 8 rings (SSSR count). The van der Waals surface area contributed by atoms with Gasteiger partial charge in [0.15, 0.2) is 0 Å². The Balaban J connectivity index is 1.63. The molecule has 0 aliphatic carbocycles. The van der Waals surface area contributed by atoms with Gasteiger partial charge in [0.25, 0.3) is 0 Å². The molecule has 2 nitrogen and oxygen atoms in total. The third kappa shape index (κ3) is 2.84. The molecular weight excluding hydrogens is 448 g/mol. The molecule has 0 aliphatic heterocycles. The highest BCUT2D eigenvalue weighted by molar-refractivity contribution is 6.33. The average molecular weight is 475 g/mol. The highest BCUT2D eigenvalue weighted by atomic mass is 15.1. The van der Waals surface area contributed by atoms with Gasteiger partial charge in [-0.15, -0.1) is 0 Å². The predicted octanol–water partition coefficient (Wildman–Crippen LogP) is 9.71. The number of unbranched alkanes of at least 4 members (excludes halogenated alkanes) is 1. The van der Waals surface area contributed by atoms with Gasteiger partial charge in [0, 0.05) is 22.9 Å². The van der Waals surface area contributed by atoms with Gasteiger partial charge in [-0.25, -0.2) is 4.98 Å². The molecule has 1 heterocycles. The van der Waals surface area contributed by atoms with Crippen molar-refractivity contribution in [2.45, 2.75) is 26.3 Å². The predicted molar refractivity (Wildman–Crippen MR) is 159 cm³/mol. The lowest BCUT2D eigenvalue weighted by Gasteiger charge is -2.16. The zero-order valence-corrected chi connectivity index (χ0v) is 20.8. The fourth-order valence-corrected chi connectivity index (χ4v) is 6.44. The van der Waals surface area contributed by atoms with E-state index in [1.54, 1.807) is 0 Å². The Kier molecular flexibility index (Phi) is 4.36. The molecule has 0 bridgehead atoms. The third-order valence-corrected chi connectivity index (χ3v) is 8.09. The van der Waals surface area contributed by atoms with Gasteiger partial charge >= 0.3 is 0 Å². The Hall–Kier alpha value is -4.43. The maximum Gasteiger partial charge on any atom is 0.142 e. The summed E-state index contributed by atoms with van der Waals surface area (Å²) in [6.45, 7) is 3.22. The Morgan fingerprint density at radius 3 is 1.84 bits per heavy atom. The van der Waals surface area contributed by atoms with Crippen molar-refractivity contribution in [1.29, 1.82) is 0 Å². The van der Waals surface area contributed by atoms with Gasteiger partial charge in [0.2, 0.25) is 0 Å². The Labute approximate surface area is 215 Å². The summed E-state index contributed by atoms with van der Waals surface area (Å²) in [6.07, 6.45) is 2.25. The van der Waals surface area contributed by atoms with Crippen molar-refractivity contribution in [3.8, 4) is 11.4 Å². The molecule has 0 radical (unpaired) electrons. The van der Waals surface area contributed by atoms with Gasteiger partial charge in [-0.2, -0.15) is 0 Å². The summed E-state index contributed by atoms with van der Waals surface area (Å²) in [5.74, 6) is 1.08. The van der Waals surface area contributed by atoms with Crippen molar-refractivity contribution >= 4 is 64.9 Å². The van der Waals surface area contributed by atoms with Crippen LogP contribution in [0.25, 0.3) is 76.3 Å². The van der Waals surface area contributed by atoms with Crippen LogP contribution in [0.1, 0.15) is 19.8 Å². The van der Waals surface area contributed by atoms with E-state index in [-0.39, 0.29) is 0 Å². The highest BCUT2D eigenvalue weighted by Crippen LogP contribution is 2.44. The van der Waals surface area contributed by atoms with Crippen LogP contribution in [0.4, 0.5) is 0 Å². The Morgan fingerprint density at radius 2 is 1.16 bits per heavy atom. The lowest BCUT2D eigenvalue weighted by molar-refractivity contribution is 0.652. The molecule has 0 atom stereocenters. The van der Waals surface area contributed by atoms with Crippen LogP contribution >= 0.6 is 0 Å². The largest absolute Gasteiger partial charge is 0.323 e. The van der Waals surface area contributed by atoms with Crippen molar-refractivity contribution in [1.82, 2.24) is 9.55 Å². The number of hydrogen-bond donors (Lipinski definition) is 0. The van der Waals surface area contributed by atoms with Gasteiger partial charge < -0.3 is 4.57 Å². The highest BCUT2D eigenvalue weighted by Gasteiger charge is 2.22. The van der Waals surface area contributed by atoms with Crippen LogP contribution in [0.5, 0.6) is 0 Å². The van der Waals surface area contributed by atoms with Crippen molar-refractivity contribution in [3.63, 3.8) is 0 Å². The zero-order valence-electron chi connectivity index (χ0n) is 20.8. The second-order valence-corrected chi connectivity index (χ2v) is 10.2. The van der Waals surface area contributed by atoms with Crippen LogP contribution in [-0.4, -0.2) is 9.55 Å². The van der Waals surface area contributed by atoms with Crippen LogP contribution in [0, 0.1) is 0 Å². The van der Waals surface area contributed by atoms with Gasteiger partial charge in [-0.3, -0.25) is 0 Å². The summed E-state index contributed by atoms with van der Waals surface area (Å²) in [6, 6.07) is 37.8. The maximum atomic E-state index is 5.55. The molecule has 0 saturated carbocycles. The molecule has 7 aromatic carbocycles. The van der Waals surface area contributed by atoms with E-state index in [0.29, 0.717) is 0 Å². The van der Waals surface area contributed by atoms with Gasteiger partial charge in [0.1, 0.15) is 5.82 Å². The molecule has 0 amide bonds. The van der Waals surface area contributed by atoms with E-state index < -0.39 is 0 Å². The molecular formula is C35H26N2. The van der Waals surface area contributed by atoms with Gasteiger partial charge in [0.05, 0.1) is 11.0 Å². The second kappa shape index (κ2) is 7.78. The summed E-state index contributed by atoms with van der Waals surface area (Å²) >= 11 is 0. The molecule has 1 aromatic heterocycles. The normalized spacial score (nSPS) is 12.2. The number of nitrogens with zero attached hydrogens (tertiary/aromatic N) is 2. The average Bonchev–Trinajstić information content (AvgIpc) is 3.33. The van der Waals surface area contributed by atoms with E-state index in [4.69, 9.17) is 4.98 Å². The molecule has 8 aromatic rings. The lowest BCUT2D eigenvalue weighted by Crippen LogP contribution is -2.02. The first kappa shape index (κ1) is 20.7. The summed E-state index contributed by atoms with van der Waals surface area (Å²) < 4.78 is 2.52. The molecule has 0 aliphatic rings. The first-order valence-electron chi connectivity index (χ1n) is 13.3. The minimum atomic E-state index is 0.945. The van der Waals surface area contributed by atoms with Crippen molar-refractivity contribution in [2.24, 2.45) is 0 Å². The number of aryl methyl sites for hydroxylation is 1. The fraction of sp³-hybridized carbons (Fsp3) is 0.114. The number of rotatable bonds is 4. The summed E-state index contributed by atoms with van der Waals surface area (Å²) in [7, 11) is 0. The number of imidazole rings is 1. The lowest BCUT2D eigenvalue weighted by atomic mass is 9.93. The first-order valence-corrected chi connectivity index (χ1v) is 13.3. The SMILES string of the molecule is CCCCn1c(-c2c3ccccc3cc3ccccc23)nc2c3cccc4ccc5cccc(c5c43)c21. The number of fused-ring (bicyclic) bond motifs is 5. The van der Waals surface area contributed by atoms with Crippen LogP contribution in [0.15, 0.2) is 103 Å². The summed E-state index contributed by atoms with van der Waals surface area (Å²) in [4.78, 5) is 5.55. The van der Waals surface area contributed by atoms with Crippen LogP contribution < -0.4 is 0 Å². The molecule has 37 heavy (non-hydrogen) atoms. The molecule has 0 spiro atoms. The van der Waals surface area contributed by atoms with E-state index in [0.717, 1.165) is 30.7 Å². The summed E-state index contributed by atoms with van der Waals surface area (Å²) in [5, 5.41) is 12.8. The van der Waals surface area contributed by atoms with Crippen LogP contribution in [0.2, 0.25) is 0 Å². The molecule has 0 saturated heterocycles. The van der Waals surface area contributed by atoms with Crippen molar-refractivity contribution < 1.29 is 0 Å². The zero-order chi connectivity index (χ0) is 24.5. The van der Waals surface area contributed by atoms with E-state index >= 15 is 0 Å². The quantitative estimate of drug-likeness (QED) is 0.183. The number of benzene rings is 7. The first-order chi connectivity index (χ1) is 18.3. The van der Waals surface area contributed by atoms with E-state index in [9.17, 15) is 0 Å². The van der Waals surface area contributed by atoms with Gasteiger partial charge in [-0.1, -0.05) is 110 Å². The second-order valence-electron chi connectivity index (χ2n) is 10.2. The molecule has 0 fully saturated rings. The summed E-state index contributed by atoms with van der Waals surface area (Å²) in [5.41, 5.74) is 3.61. The Morgan fingerprint density at radius 1 is 0.595 bits per heavy atom. The molecule has 0 unspecified atom stereocenters. The van der Waals surface area contributed by atoms with Crippen LogP contribution in [0.3, 0.4) is 0 Å². The maximum absolute atomic E-state index is 5.55. The number of hydrogen-bond acceptors (Lipinski definition) is 1. The minimum absolute atomic E-state index is 0.945.